The van der Waals surface area contributed by atoms with Gasteiger partial charge in [0, 0.05) is 24.6 Å². The largest absolute Gasteiger partial charge is 0.368 e. The third-order valence-corrected chi connectivity index (χ3v) is 4.65. The van der Waals surface area contributed by atoms with E-state index in [2.05, 4.69) is 15.3 Å². The van der Waals surface area contributed by atoms with Gasteiger partial charge >= 0.3 is 0 Å². The molecule has 0 atom stereocenters. The molecule has 0 radical (unpaired) electrons. The van der Waals surface area contributed by atoms with Crippen LogP contribution in [0.1, 0.15) is 19.5 Å². The van der Waals surface area contributed by atoms with Gasteiger partial charge in [-0.05, 0) is 20.8 Å². The average Bonchev–Trinajstić information content (AvgIpc) is 2.13. The van der Waals surface area contributed by atoms with Gasteiger partial charge in [-0.1, -0.05) is 0 Å². The summed E-state index contributed by atoms with van der Waals surface area (Å²) in [6.45, 7) is 5.55. The van der Waals surface area contributed by atoms with Crippen molar-refractivity contribution in [2.45, 2.75) is 25.5 Å². The Hall–Kier alpha value is -1.17. The standard InChI is InChI=1S/C10H17N3O2S/c1-8-5-9(13-7-12-8)11-6-10(2,3)16(4,14)15/h5,7H,6H2,1-4H3,(H,11,12,13). The molecule has 1 rings (SSSR count). The lowest BCUT2D eigenvalue weighted by Gasteiger charge is -2.22. The molecular weight excluding hydrogens is 226 g/mol. The number of nitrogens with zero attached hydrogens (tertiary/aromatic N) is 2. The first-order chi connectivity index (χ1) is 7.22. The van der Waals surface area contributed by atoms with Crippen LogP contribution in [0.3, 0.4) is 0 Å². The van der Waals surface area contributed by atoms with Crippen molar-refractivity contribution in [2.75, 3.05) is 18.1 Å². The van der Waals surface area contributed by atoms with Gasteiger partial charge in [-0.3, -0.25) is 0 Å². The topological polar surface area (TPSA) is 72.0 Å². The van der Waals surface area contributed by atoms with Gasteiger partial charge in [0.15, 0.2) is 9.84 Å². The highest BCUT2D eigenvalue weighted by molar-refractivity contribution is 7.92. The van der Waals surface area contributed by atoms with Gasteiger partial charge in [0.2, 0.25) is 0 Å². The molecule has 1 N–H and O–H groups in total. The smallest absolute Gasteiger partial charge is 0.154 e. The molecule has 0 bridgehead atoms. The Morgan fingerprint density at radius 2 is 2.00 bits per heavy atom. The van der Waals surface area contributed by atoms with Gasteiger partial charge in [0.05, 0.1) is 4.75 Å². The molecule has 0 unspecified atom stereocenters. The van der Waals surface area contributed by atoms with E-state index in [1.807, 2.05) is 6.92 Å². The minimum Gasteiger partial charge on any atom is -0.368 e. The molecule has 0 amide bonds. The molecule has 0 aliphatic rings. The number of sulfone groups is 1. The molecule has 0 saturated carbocycles. The van der Waals surface area contributed by atoms with Gasteiger partial charge < -0.3 is 5.32 Å². The van der Waals surface area contributed by atoms with Crippen molar-refractivity contribution >= 4 is 15.7 Å². The number of rotatable bonds is 4. The zero-order valence-electron chi connectivity index (χ0n) is 9.98. The molecule has 1 aromatic heterocycles. The Morgan fingerprint density at radius 1 is 1.38 bits per heavy atom. The molecule has 1 aromatic rings. The average molecular weight is 243 g/mol. The van der Waals surface area contributed by atoms with Gasteiger partial charge in [0.25, 0.3) is 0 Å². The van der Waals surface area contributed by atoms with Crippen LogP contribution in [-0.2, 0) is 9.84 Å². The van der Waals surface area contributed by atoms with Crippen LogP contribution in [0.4, 0.5) is 5.82 Å². The Bertz CT molecular complexity index is 469. The number of aromatic nitrogens is 2. The number of aryl methyl sites for hydroxylation is 1. The lowest BCUT2D eigenvalue weighted by atomic mass is 10.2. The van der Waals surface area contributed by atoms with Crippen LogP contribution in [-0.4, -0.2) is 35.9 Å². The molecule has 5 nitrogen and oxygen atoms in total. The van der Waals surface area contributed by atoms with Crippen molar-refractivity contribution in [2.24, 2.45) is 0 Å². The summed E-state index contributed by atoms with van der Waals surface area (Å²) in [5.41, 5.74) is 0.842. The highest BCUT2D eigenvalue weighted by atomic mass is 32.2. The summed E-state index contributed by atoms with van der Waals surface area (Å²) in [5, 5.41) is 3.00. The van der Waals surface area contributed by atoms with Crippen molar-refractivity contribution in [1.29, 1.82) is 0 Å². The zero-order chi connectivity index (χ0) is 12.4. The summed E-state index contributed by atoms with van der Waals surface area (Å²) in [5.74, 6) is 0.643. The summed E-state index contributed by atoms with van der Waals surface area (Å²) < 4.78 is 22.1. The minimum atomic E-state index is -3.09. The molecule has 0 aliphatic heterocycles. The molecule has 90 valence electrons. The molecule has 16 heavy (non-hydrogen) atoms. The maximum absolute atomic E-state index is 11.5. The highest BCUT2D eigenvalue weighted by Gasteiger charge is 2.29. The summed E-state index contributed by atoms with van der Waals surface area (Å²) in [7, 11) is -3.09. The summed E-state index contributed by atoms with van der Waals surface area (Å²) in [6, 6.07) is 1.78. The van der Waals surface area contributed by atoms with Crippen LogP contribution >= 0.6 is 0 Å². The van der Waals surface area contributed by atoms with E-state index in [9.17, 15) is 8.42 Å². The van der Waals surface area contributed by atoms with Crippen LogP contribution in [0.2, 0.25) is 0 Å². The fourth-order valence-corrected chi connectivity index (χ4v) is 1.32. The zero-order valence-corrected chi connectivity index (χ0v) is 10.8. The molecular formula is C10H17N3O2S. The Morgan fingerprint density at radius 3 is 2.50 bits per heavy atom. The fraction of sp³-hybridized carbons (Fsp3) is 0.600. The Balaban J connectivity index is 2.72. The molecule has 0 saturated heterocycles. The number of hydrogen-bond donors (Lipinski definition) is 1. The lowest BCUT2D eigenvalue weighted by Crippen LogP contribution is -2.38. The van der Waals surface area contributed by atoms with Crippen LogP contribution in [0, 0.1) is 6.92 Å². The Kier molecular flexibility index (Phi) is 3.52. The van der Waals surface area contributed by atoms with E-state index in [-0.39, 0.29) is 0 Å². The summed E-state index contributed by atoms with van der Waals surface area (Å²) >= 11 is 0. The SMILES string of the molecule is Cc1cc(NCC(C)(C)S(C)(=O)=O)ncn1. The number of anilines is 1. The Labute approximate surface area is 96.2 Å². The van der Waals surface area contributed by atoms with E-state index in [1.54, 1.807) is 19.9 Å². The second-order valence-electron chi connectivity index (χ2n) is 4.43. The number of nitrogens with one attached hydrogen (secondary N) is 1. The van der Waals surface area contributed by atoms with E-state index >= 15 is 0 Å². The molecule has 6 heteroatoms. The summed E-state index contributed by atoms with van der Waals surface area (Å²) in [6.07, 6.45) is 2.69. The first-order valence-corrected chi connectivity index (χ1v) is 6.84. The quantitative estimate of drug-likeness (QED) is 0.854. The summed E-state index contributed by atoms with van der Waals surface area (Å²) in [4.78, 5) is 7.97. The normalized spacial score (nSPS) is 12.5. The van der Waals surface area contributed by atoms with Crippen LogP contribution in [0.5, 0.6) is 0 Å². The molecule has 0 aromatic carbocycles. The van der Waals surface area contributed by atoms with Crippen molar-refractivity contribution in [3.05, 3.63) is 18.1 Å². The third kappa shape index (κ3) is 3.16. The van der Waals surface area contributed by atoms with Gasteiger partial charge in [-0.25, -0.2) is 18.4 Å². The van der Waals surface area contributed by atoms with Crippen LogP contribution in [0.15, 0.2) is 12.4 Å². The maximum atomic E-state index is 11.5. The second-order valence-corrected chi connectivity index (χ2v) is 7.08. The van der Waals surface area contributed by atoms with Crippen LogP contribution < -0.4 is 5.32 Å². The third-order valence-electron chi connectivity index (χ3n) is 2.50. The van der Waals surface area contributed by atoms with Gasteiger partial charge in [0.1, 0.15) is 12.1 Å². The van der Waals surface area contributed by atoms with Crippen LogP contribution in [0.25, 0.3) is 0 Å². The van der Waals surface area contributed by atoms with E-state index < -0.39 is 14.6 Å². The highest BCUT2D eigenvalue weighted by Crippen LogP contribution is 2.15. The van der Waals surface area contributed by atoms with Gasteiger partial charge in [-0.2, -0.15) is 0 Å². The van der Waals surface area contributed by atoms with Crippen molar-refractivity contribution in [3.8, 4) is 0 Å². The minimum absolute atomic E-state index is 0.322. The predicted molar refractivity (Wildman–Crippen MR) is 64.2 cm³/mol. The lowest BCUT2D eigenvalue weighted by molar-refractivity contribution is 0.559. The molecule has 0 aliphatic carbocycles. The van der Waals surface area contributed by atoms with E-state index in [4.69, 9.17) is 0 Å². The monoisotopic (exact) mass is 243 g/mol. The molecule has 1 heterocycles. The van der Waals surface area contributed by atoms with Gasteiger partial charge in [-0.15, -0.1) is 0 Å². The van der Waals surface area contributed by atoms with E-state index in [0.29, 0.717) is 12.4 Å². The fourth-order valence-electron chi connectivity index (χ4n) is 0.986. The molecule has 0 spiro atoms. The number of hydrogen-bond acceptors (Lipinski definition) is 5. The first-order valence-electron chi connectivity index (χ1n) is 4.94. The van der Waals surface area contributed by atoms with E-state index in [0.717, 1.165) is 5.69 Å². The van der Waals surface area contributed by atoms with Crippen molar-refractivity contribution < 1.29 is 8.42 Å². The second kappa shape index (κ2) is 4.37. The predicted octanol–water partition coefficient (Wildman–Crippen LogP) is 1.02. The molecule has 0 fully saturated rings. The van der Waals surface area contributed by atoms with Crippen molar-refractivity contribution in [1.82, 2.24) is 9.97 Å². The van der Waals surface area contributed by atoms with E-state index in [1.165, 1.54) is 12.6 Å². The van der Waals surface area contributed by atoms with Crippen molar-refractivity contribution in [3.63, 3.8) is 0 Å². The maximum Gasteiger partial charge on any atom is 0.154 e. The first kappa shape index (κ1) is 12.9.